The third-order valence-corrected chi connectivity index (χ3v) is 9.23. The average Bonchev–Trinajstić information content (AvgIpc) is 3.15. The summed E-state index contributed by atoms with van der Waals surface area (Å²) >= 11 is 0. The summed E-state index contributed by atoms with van der Waals surface area (Å²) in [6, 6.07) is 0. The van der Waals surface area contributed by atoms with Crippen molar-refractivity contribution in [3.05, 3.63) is 11.1 Å². The molecule has 0 aromatic carbocycles. The standard InChI is InChI=1S/C21H28O6/c1-11-6-5-7-13(11)15(23)26-21-16(24)19-10-14(22)17(21,3)18(4,27-21)20(19,25)9-8-12(19)2/h12,16,24-25H,5-10H2,1-4H3/t12-,16-,17-,18+,19-,20+,21-/m1/s1. The Kier molecular flexibility index (Phi) is 3.08. The van der Waals surface area contributed by atoms with Gasteiger partial charge < -0.3 is 19.7 Å². The van der Waals surface area contributed by atoms with Crippen LogP contribution in [-0.4, -0.2) is 45.1 Å². The number of Topliss-reactive ketones (excluding diaryl/α,β-unsaturated/α-hetero) is 1. The van der Waals surface area contributed by atoms with E-state index in [0.717, 1.165) is 18.4 Å². The number of aliphatic hydroxyl groups is 2. The maximum absolute atomic E-state index is 13.3. The minimum atomic E-state index is -1.71. The van der Waals surface area contributed by atoms with Gasteiger partial charge in [0.25, 0.3) is 5.79 Å². The molecule has 6 heteroatoms. The van der Waals surface area contributed by atoms with Crippen molar-refractivity contribution < 1.29 is 29.3 Å². The van der Waals surface area contributed by atoms with E-state index in [1.807, 2.05) is 13.8 Å². The number of rotatable bonds is 2. The zero-order chi connectivity index (χ0) is 19.6. The highest BCUT2D eigenvalue weighted by molar-refractivity contribution is 5.95. The van der Waals surface area contributed by atoms with Crippen molar-refractivity contribution >= 4 is 11.8 Å². The van der Waals surface area contributed by atoms with Gasteiger partial charge in [-0.3, -0.25) is 4.79 Å². The number of fused-ring (bicyclic) bond motifs is 1. The Hall–Kier alpha value is -1.24. The summed E-state index contributed by atoms with van der Waals surface area (Å²) in [4.78, 5) is 26.2. The second kappa shape index (κ2) is 4.66. The van der Waals surface area contributed by atoms with Gasteiger partial charge in [0.05, 0.1) is 0 Å². The Morgan fingerprint density at radius 2 is 2.00 bits per heavy atom. The van der Waals surface area contributed by atoms with Crippen LogP contribution in [0.5, 0.6) is 0 Å². The van der Waals surface area contributed by atoms with Crippen LogP contribution < -0.4 is 0 Å². The highest BCUT2D eigenvalue weighted by Crippen LogP contribution is 2.82. The molecule has 27 heavy (non-hydrogen) atoms. The predicted molar refractivity (Wildman–Crippen MR) is 94.4 cm³/mol. The lowest BCUT2D eigenvalue weighted by molar-refractivity contribution is -0.550. The predicted octanol–water partition coefficient (Wildman–Crippen LogP) is 2.02. The molecular formula is C21H28O6. The number of hydrogen-bond acceptors (Lipinski definition) is 6. The van der Waals surface area contributed by atoms with E-state index in [0.29, 0.717) is 24.8 Å². The van der Waals surface area contributed by atoms with Crippen molar-refractivity contribution in [2.45, 2.75) is 89.3 Å². The number of aliphatic hydroxyl groups excluding tert-OH is 1. The molecule has 5 aliphatic carbocycles. The molecule has 148 valence electrons. The van der Waals surface area contributed by atoms with E-state index < -0.39 is 39.9 Å². The van der Waals surface area contributed by atoms with Gasteiger partial charge in [0.15, 0.2) is 0 Å². The Morgan fingerprint density at radius 3 is 2.63 bits per heavy atom. The molecule has 1 spiro atoms. The number of allylic oxidation sites excluding steroid dienone is 1. The van der Waals surface area contributed by atoms with Crippen LogP contribution >= 0.6 is 0 Å². The van der Waals surface area contributed by atoms with Crippen LogP contribution in [0.3, 0.4) is 0 Å². The quantitative estimate of drug-likeness (QED) is 0.716. The summed E-state index contributed by atoms with van der Waals surface area (Å²) < 4.78 is 12.0. The third-order valence-electron chi connectivity index (χ3n) is 9.23. The first-order valence-corrected chi connectivity index (χ1v) is 10.1. The van der Waals surface area contributed by atoms with Gasteiger partial charge in [-0.25, -0.2) is 4.79 Å². The van der Waals surface area contributed by atoms with Crippen LogP contribution in [0.25, 0.3) is 0 Å². The van der Waals surface area contributed by atoms with E-state index in [9.17, 15) is 19.8 Å². The summed E-state index contributed by atoms with van der Waals surface area (Å²) in [5, 5.41) is 23.2. The van der Waals surface area contributed by atoms with E-state index in [1.54, 1.807) is 13.8 Å². The van der Waals surface area contributed by atoms with Crippen molar-refractivity contribution in [2.24, 2.45) is 16.7 Å². The number of carbonyl (C=O) groups is 2. The van der Waals surface area contributed by atoms with Crippen molar-refractivity contribution in [3.63, 3.8) is 0 Å². The number of ketones is 1. The lowest BCUT2D eigenvalue weighted by Crippen LogP contribution is -2.99. The van der Waals surface area contributed by atoms with E-state index in [1.165, 1.54) is 0 Å². The van der Waals surface area contributed by atoms with Crippen LogP contribution in [0.2, 0.25) is 0 Å². The Labute approximate surface area is 158 Å². The third kappa shape index (κ3) is 1.43. The van der Waals surface area contributed by atoms with Crippen molar-refractivity contribution in [1.82, 2.24) is 0 Å². The Balaban J connectivity index is 1.65. The topological polar surface area (TPSA) is 93.1 Å². The minimum absolute atomic E-state index is 0.0694. The molecule has 7 aliphatic rings. The molecule has 0 aromatic heterocycles. The lowest BCUT2D eigenvalue weighted by atomic mass is 9.34. The van der Waals surface area contributed by atoms with Crippen LogP contribution in [0.15, 0.2) is 11.1 Å². The molecule has 6 nitrogen and oxygen atoms in total. The molecule has 2 saturated heterocycles. The summed E-state index contributed by atoms with van der Waals surface area (Å²) in [6.07, 6.45) is 2.44. The minimum Gasteiger partial charge on any atom is -0.425 e. The second-order valence-corrected chi connectivity index (χ2v) is 9.77. The van der Waals surface area contributed by atoms with E-state index in [4.69, 9.17) is 9.47 Å². The summed E-state index contributed by atoms with van der Waals surface area (Å²) in [5.41, 5.74) is -3.15. The number of carbonyl (C=O) groups excluding carboxylic acids is 2. The zero-order valence-corrected chi connectivity index (χ0v) is 16.4. The molecule has 2 heterocycles. The first-order chi connectivity index (χ1) is 12.5. The normalized spacial score (nSPS) is 55.6. The van der Waals surface area contributed by atoms with Crippen LogP contribution in [0, 0.1) is 16.7 Å². The molecular weight excluding hydrogens is 348 g/mol. The smallest absolute Gasteiger partial charge is 0.336 e. The fourth-order valence-corrected chi connectivity index (χ4v) is 7.33. The Morgan fingerprint density at radius 1 is 1.30 bits per heavy atom. The van der Waals surface area contributed by atoms with Gasteiger partial charge in [0, 0.05) is 17.4 Å². The highest BCUT2D eigenvalue weighted by atomic mass is 16.8. The number of esters is 1. The number of ether oxygens (including phenoxy) is 2. The van der Waals surface area contributed by atoms with Crippen LogP contribution in [-0.2, 0) is 19.1 Å². The molecule has 0 radical (unpaired) electrons. The van der Waals surface area contributed by atoms with Crippen molar-refractivity contribution in [2.75, 3.05) is 0 Å². The van der Waals surface area contributed by atoms with Gasteiger partial charge in [-0.15, -0.1) is 0 Å². The SMILES string of the molecule is CC1=C(C(=O)O[C@]23O[C@]4(C)[C@@]5(O)CC[C@@H](C)[C@]5(CC(=O)[C@@]24C)[C@H]3O)CCC1. The second-order valence-electron chi connectivity index (χ2n) is 9.77. The van der Waals surface area contributed by atoms with Gasteiger partial charge in [-0.2, -0.15) is 0 Å². The van der Waals surface area contributed by atoms with Gasteiger partial charge in [0.2, 0.25) is 0 Å². The molecule has 0 unspecified atom stereocenters. The first kappa shape index (κ1) is 17.8. The summed E-state index contributed by atoms with van der Waals surface area (Å²) in [6.45, 7) is 7.31. The summed E-state index contributed by atoms with van der Waals surface area (Å²) in [5.74, 6) is -2.38. The highest BCUT2D eigenvalue weighted by Gasteiger charge is 2.98. The largest absolute Gasteiger partial charge is 0.425 e. The molecule has 2 N–H and O–H groups in total. The van der Waals surface area contributed by atoms with Gasteiger partial charge >= 0.3 is 5.97 Å². The van der Waals surface area contributed by atoms with Gasteiger partial charge in [0.1, 0.15) is 28.5 Å². The average molecular weight is 376 g/mol. The molecule has 7 atom stereocenters. The maximum atomic E-state index is 13.3. The molecule has 7 rings (SSSR count). The lowest BCUT2D eigenvalue weighted by Gasteiger charge is -2.82. The molecule has 6 fully saturated rings. The van der Waals surface area contributed by atoms with E-state index in [-0.39, 0.29) is 18.1 Å². The Bertz CT molecular complexity index is 817. The molecule has 0 amide bonds. The zero-order valence-electron chi connectivity index (χ0n) is 16.4. The van der Waals surface area contributed by atoms with E-state index >= 15 is 0 Å². The van der Waals surface area contributed by atoms with E-state index in [2.05, 4.69) is 0 Å². The maximum Gasteiger partial charge on any atom is 0.336 e. The molecule has 0 aromatic rings. The van der Waals surface area contributed by atoms with Crippen LogP contribution in [0.4, 0.5) is 0 Å². The van der Waals surface area contributed by atoms with Crippen molar-refractivity contribution in [3.8, 4) is 0 Å². The number of hydrogen-bond donors (Lipinski definition) is 2. The molecule has 4 saturated carbocycles. The first-order valence-electron chi connectivity index (χ1n) is 10.1. The fourth-order valence-electron chi connectivity index (χ4n) is 7.33. The molecule has 4 bridgehead atoms. The monoisotopic (exact) mass is 376 g/mol. The molecule has 2 aliphatic heterocycles. The summed E-state index contributed by atoms with van der Waals surface area (Å²) in [7, 11) is 0. The van der Waals surface area contributed by atoms with Crippen LogP contribution in [0.1, 0.15) is 66.2 Å². The van der Waals surface area contributed by atoms with Gasteiger partial charge in [-0.05, 0) is 58.8 Å². The fraction of sp³-hybridized carbons (Fsp3) is 0.810. The van der Waals surface area contributed by atoms with Crippen molar-refractivity contribution in [1.29, 1.82) is 0 Å². The van der Waals surface area contributed by atoms with Gasteiger partial charge in [-0.1, -0.05) is 12.5 Å².